The highest BCUT2D eigenvalue weighted by molar-refractivity contribution is 7.87. The molecule has 0 aliphatic carbocycles. The summed E-state index contributed by atoms with van der Waals surface area (Å²) in [6.45, 7) is 7.72. The number of halogens is 3. The van der Waals surface area contributed by atoms with Gasteiger partial charge in [0.05, 0.1) is 17.8 Å². The lowest BCUT2D eigenvalue weighted by Crippen LogP contribution is -2.49. The van der Waals surface area contributed by atoms with Crippen molar-refractivity contribution in [1.82, 2.24) is 35.9 Å². The minimum Gasteiger partial charge on any atom is -0.378 e. The summed E-state index contributed by atoms with van der Waals surface area (Å²) in [5, 5.41) is 18.3. The van der Waals surface area contributed by atoms with E-state index in [-0.39, 0.29) is 23.7 Å². The number of piperidine rings is 1. The van der Waals surface area contributed by atoms with Gasteiger partial charge in [0.15, 0.2) is 5.75 Å². The average Bonchev–Trinajstić information content (AvgIpc) is 3.85. The molecule has 0 radical (unpaired) electrons. The molecule has 2 amide bonds. The van der Waals surface area contributed by atoms with Gasteiger partial charge in [0.2, 0.25) is 0 Å². The van der Waals surface area contributed by atoms with Crippen molar-refractivity contribution in [3.8, 4) is 17.0 Å². The zero-order chi connectivity index (χ0) is 33.9. The molecule has 3 aliphatic heterocycles. The molecule has 4 N–H and O–H groups in total. The highest BCUT2D eigenvalue weighted by atomic mass is 32.2. The van der Waals surface area contributed by atoms with Crippen molar-refractivity contribution in [3.05, 3.63) is 65.4 Å². The maximum absolute atomic E-state index is 13.4. The first kappa shape index (κ1) is 34.2. The predicted octanol–water partition coefficient (Wildman–Crippen LogP) is 3.85. The quantitative estimate of drug-likeness (QED) is 0.237. The van der Waals surface area contributed by atoms with Gasteiger partial charge < -0.3 is 30.4 Å². The van der Waals surface area contributed by atoms with Crippen molar-refractivity contribution in [2.24, 2.45) is 0 Å². The number of urea groups is 1. The lowest BCUT2D eigenvalue weighted by atomic mass is 9.94. The molecule has 1 unspecified atom stereocenters. The van der Waals surface area contributed by atoms with Crippen LogP contribution in [0.15, 0.2) is 53.4 Å². The monoisotopic (exact) mass is 689 g/mol. The minimum absolute atomic E-state index is 0.0105. The zero-order valence-electron chi connectivity index (χ0n) is 26.9. The number of carbonyl (C=O) groups is 1. The fraction of sp³-hybridized carbons (Fsp3) is 0.515. The van der Waals surface area contributed by atoms with Crippen molar-refractivity contribution < 1.29 is 30.6 Å². The van der Waals surface area contributed by atoms with Crippen molar-refractivity contribution in [2.75, 3.05) is 45.8 Å². The van der Waals surface area contributed by atoms with Crippen molar-refractivity contribution >= 4 is 16.1 Å². The van der Waals surface area contributed by atoms with Crippen LogP contribution in [0.4, 0.5) is 18.0 Å². The first-order chi connectivity index (χ1) is 23.0. The second-order valence-electron chi connectivity index (χ2n) is 12.8. The molecule has 0 saturated carbocycles. The lowest BCUT2D eigenvalue weighted by Gasteiger charge is -2.33. The summed E-state index contributed by atoms with van der Waals surface area (Å²) in [5.74, 6) is -0.0530. The maximum atomic E-state index is 13.4. The molecule has 15 heteroatoms. The van der Waals surface area contributed by atoms with Gasteiger partial charge in [-0.15, -0.1) is 0 Å². The number of nitrogens with zero attached hydrogens (tertiary/aromatic N) is 3. The van der Waals surface area contributed by atoms with Crippen LogP contribution in [0.25, 0.3) is 11.3 Å². The SMILES string of the molecule is Cc1ccc(OS(=O)(=O)c2cccc(C(F)(F)F)c2)c(-c2cc(C3CCCN(C(=O)N[C@@H]4CCNC4)C3)n(CCN[C@@H]3CCNC3)n2)c1. The molecule has 3 atom stereocenters. The van der Waals surface area contributed by atoms with Crippen molar-refractivity contribution in [1.29, 1.82) is 0 Å². The average molecular weight is 690 g/mol. The van der Waals surface area contributed by atoms with Crippen molar-refractivity contribution in [2.45, 2.75) is 68.2 Å². The number of hydrogen-bond acceptors (Lipinski definition) is 8. The topological polar surface area (TPSA) is 130 Å². The Bertz CT molecular complexity index is 1700. The Balaban J connectivity index is 1.29. The van der Waals surface area contributed by atoms with Gasteiger partial charge in [0.25, 0.3) is 0 Å². The van der Waals surface area contributed by atoms with Gasteiger partial charge in [-0.2, -0.15) is 26.7 Å². The fourth-order valence-electron chi connectivity index (χ4n) is 6.63. The third-order valence-corrected chi connectivity index (χ3v) is 10.4. The van der Waals surface area contributed by atoms with Crippen LogP contribution in [-0.2, 0) is 22.8 Å². The van der Waals surface area contributed by atoms with E-state index in [1.807, 2.05) is 22.6 Å². The number of hydrogen-bond donors (Lipinski definition) is 4. The number of benzene rings is 2. The number of aromatic nitrogens is 2. The normalized spacial score (nSPS) is 21.8. The molecular weight excluding hydrogens is 647 g/mol. The number of likely N-dealkylation sites (tertiary alicyclic amines) is 1. The van der Waals surface area contributed by atoms with E-state index in [0.717, 1.165) is 81.3 Å². The van der Waals surface area contributed by atoms with Gasteiger partial charge in [0.1, 0.15) is 4.90 Å². The maximum Gasteiger partial charge on any atom is 0.416 e. The number of alkyl halides is 3. The highest BCUT2D eigenvalue weighted by Crippen LogP contribution is 2.37. The molecule has 3 aromatic rings. The molecule has 11 nitrogen and oxygen atoms in total. The Morgan fingerprint density at radius 1 is 1.04 bits per heavy atom. The Morgan fingerprint density at radius 3 is 2.54 bits per heavy atom. The smallest absolute Gasteiger partial charge is 0.378 e. The molecule has 6 rings (SSSR count). The molecule has 4 heterocycles. The molecule has 3 fully saturated rings. The Labute approximate surface area is 278 Å². The van der Waals surface area contributed by atoms with Gasteiger partial charge in [-0.25, -0.2) is 4.79 Å². The zero-order valence-corrected chi connectivity index (χ0v) is 27.7. The van der Waals surface area contributed by atoms with E-state index in [2.05, 4.69) is 21.3 Å². The van der Waals surface area contributed by atoms with Crippen LogP contribution in [0.2, 0.25) is 0 Å². The highest BCUT2D eigenvalue weighted by Gasteiger charge is 2.33. The summed E-state index contributed by atoms with van der Waals surface area (Å²) in [4.78, 5) is 14.4. The standard InChI is InChI=1S/C33H42F3N7O4S/c1-22-7-8-31(47-48(45,46)27-6-2-5-24(17-27)33(34,35)36)28(16-22)29-18-30(43(41-29)15-13-39-25-9-11-37-19-25)23-4-3-14-42(21-23)32(44)40-26-10-12-38-20-26/h2,5-8,16-18,23,25-26,37-39H,3-4,9-15,19-21H2,1H3,(H,40,44)/t23?,25-,26-/m1/s1. The lowest BCUT2D eigenvalue weighted by molar-refractivity contribution is -0.137. The summed E-state index contributed by atoms with van der Waals surface area (Å²) in [5.41, 5.74) is 1.53. The molecule has 2 aromatic carbocycles. The molecule has 3 saturated heterocycles. The van der Waals surface area contributed by atoms with Gasteiger partial charge in [-0.3, -0.25) is 4.68 Å². The molecule has 48 heavy (non-hydrogen) atoms. The number of amides is 2. The Kier molecular flexibility index (Phi) is 10.3. The summed E-state index contributed by atoms with van der Waals surface area (Å²) < 4.78 is 74.1. The van der Waals surface area contributed by atoms with Crippen LogP contribution in [0.5, 0.6) is 5.75 Å². The molecule has 3 aliphatic rings. The van der Waals surface area contributed by atoms with Crippen molar-refractivity contribution in [3.63, 3.8) is 0 Å². The molecule has 1 aromatic heterocycles. The van der Waals surface area contributed by atoms with Gasteiger partial charge in [-0.05, 0) is 82.1 Å². The summed E-state index contributed by atoms with van der Waals surface area (Å²) in [7, 11) is -4.62. The van der Waals surface area contributed by atoms with Crippen LogP contribution < -0.4 is 25.5 Å². The Hall–Kier alpha value is -3.66. The van der Waals surface area contributed by atoms with E-state index >= 15 is 0 Å². The number of rotatable bonds is 10. The molecule has 0 bridgehead atoms. The Morgan fingerprint density at radius 2 is 1.81 bits per heavy atom. The van der Waals surface area contributed by atoms with E-state index < -0.39 is 26.8 Å². The van der Waals surface area contributed by atoms with E-state index in [0.29, 0.717) is 49.5 Å². The van der Waals surface area contributed by atoms with Crippen LogP contribution in [-0.4, -0.2) is 87.0 Å². The van der Waals surface area contributed by atoms with Gasteiger partial charge >= 0.3 is 22.3 Å². The number of carbonyl (C=O) groups excluding carboxylic acids is 1. The van der Waals surface area contributed by atoms with E-state index in [4.69, 9.17) is 9.28 Å². The van der Waals surface area contributed by atoms with E-state index in [1.165, 1.54) is 6.07 Å². The first-order valence-corrected chi connectivity index (χ1v) is 17.9. The van der Waals surface area contributed by atoms with E-state index in [9.17, 15) is 26.4 Å². The number of aryl methyl sites for hydroxylation is 1. The van der Waals surface area contributed by atoms with Crippen LogP contribution >= 0.6 is 0 Å². The number of nitrogens with one attached hydrogen (secondary N) is 4. The third-order valence-electron chi connectivity index (χ3n) is 9.20. The predicted molar refractivity (Wildman–Crippen MR) is 174 cm³/mol. The van der Waals surface area contributed by atoms with E-state index in [1.54, 1.807) is 12.1 Å². The summed E-state index contributed by atoms with van der Waals surface area (Å²) >= 11 is 0. The fourth-order valence-corrected chi connectivity index (χ4v) is 7.63. The van der Waals surface area contributed by atoms with Crippen LogP contribution in [0.1, 0.15) is 48.4 Å². The summed E-state index contributed by atoms with van der Waals surface area (Å²) in [6, 6.07) is 10.7. The second-order valence-corrected chi connectivity index (χ2v) is 14.4. The molecular formula is C33H42F3N7O4S. The largest absolute Gasteiger partial charge is 0.416 e. The molecule has 260 valence electrons. The van der Waals surface area contributed by atoms with Crippen LogP contribution in [0.3, 0.4) is 0 Å². The third kappa shape index (κ3) is 8.13. The molecule has 0 spiro atoms. The second kappa shape index (κ2) is 14.4. The first-order valence-electron chi connectivity index (χ1n) is 16.5. The van der Waals surface area contributed by atoms with Gasteiger partial charge in [0, 0.05) is 62.0 Å². The van der Waals surface area contributed by atoms with Gasteiger partial charge in [-0.1, -0.05) is 17.7 Å². The minimum atomic E-state index is -4.71. The van der Waals surface area contributed by atoms with Crippen LogP contribution in [0, 0.1) is 6.92 Å². The summed E-state index contributed by atoms with van der Waals surface area (Å²) in [6.07, 6.45) is -1.11.